The molecule has 120 valence electrons. The van der Waals surface area contributed by atoms with Gasteiger partial charge >= 0.3 is 5.88 Å². The molecule has 0 bridgehead atoms. The van der Waals surface area contributed by atoms with Crippen LogP contribution in [-0.4, -0.2) is 23.7 Å². The minimum absolute atomic E-state index is 0.159. The van der Waals surface area contributed by atoms with Gasteiger partial charge in [-0.1, -0.05) is 6.07 Å². The zero-order valence-electron chi connectivity index (χ0n) is 12.6. The maximum absolute atomic E-state index is 11.6. The van der Waals surface area contributed by atoms with Crippen LogP contribution in [0.3, 0.4) is 0 Å². The van der Waals surface area contributed by atoms with E-state index in [1.54, 1.807) is 6.07 Å². The summed E-state index contributed by atoms with van der Waals surface area (Å²) < 4.78 is 10.2. The molecule has 1 heterocycles. The van der Waals surface area contributed by atoms with Crippen molar-refractivity contribution in [2.24, 2.45) is 5.10 Å². The zero-order chi connectivity index (χ0) is 16.8. The first-order valence-electron chi connectivity index (χ1n) is 6.72. The Bertz CT molecular complexity index is 751. The lowest BCUT2D eigenvalue weighted by molar-refractivity contribution is -0.402. The van der Waals surface area contributed by atoms with Gasteiger partial charge in [0.15, 0.2) is 12.4 Å². The third-order valence-corrected chi connectivity index (χ3v) is 3.02. The molecular formula is C15H15N3O5. The van der Waals surface area contributed by atoms with Crippen LogP contribution in [0, 0.1) is 24.0 Å². The van der Waals surface area contributed by atoms with Crippen molar-refractivity contribution < 1.29 is 18.9 Å². The molecule has 0 aliphatic rings. The van der Waals surface area contributed by atoms with Gasteiger partial charge in [0.1, 0.15) is 10.7 Å². The third-order valence-electron chi connectivity index (χ3n) is 3.02. The molecule has 0 radical (unpaired) electrons. The van der Waals surface area contributed by atoms with Gasteiger partial charge in [0.25, 0.3) is 5.91 Å². The Hall–Kier alpha value is -3.16. The van der Waals surface area contributed by atoms with Gasteiger partial charge in [-0.15, -0.1) is 0 Å². The number of aryl methyl sites for hydroxylation is 2. The lowest BCUT2D eigenvalue weighted by Gasteiger charge is -2.07. The summed E-state index contributed by atoms with van der Waals surface area (Å²) in [5, 5.41) is 14.1. The van der Waals surface area contributed by atoms with Crippen molar-refractivity contribution >= 4 is 18.0 Å². The van der Waals surface area contributed by atoms with Crippen LogP contribution in [-0.2, 0) is 4.79 Å². The highest BCUT2D eigenvalue weighted by Gasteiger charge is 2.10. The van der Waals surface area contributed by atoms with E-state index in [1.807, 2.05) is 26.0 Å². The number of carbonyl (C=O) groups is 1. The van der Waals surface area contributed by atoms with Gasteiger partial charge in [-0.25, -0.2) is 5.43 Å². The van der Waals surface area contributed by atoms with E-state index in [0.29, 0.717) is 5.75 Å². The number of ether oxygens (including phenoxy) is 1. The van der Waals surface area contributed by atoms with Crippen LogP contribution in [0.25, 0.3) is 0 Å². The molecule has 0 saturated carbocycles. The fourth-order valence-corrected chi connectivity index (χ4v) is 1.66. The van der Waals surface area contributed by atoms with Crippen LogP contribution in [0.5, 0.6) is 5.75 Å². The molecule has 0 fully saturated rings. The number of nitrogens with one attached hydrogen (secondary N) is 1. The summed E-state index contributed by atoms with van der Waals surface area (Å²) in [6.45, 7) is 3.74. The van der Waals surface area contributed by atoms with E-state index in [1.165, 1.54) is 18.3 Å². The molecule has 8 nitrogen and oxygen atoms in total. The average molecular weight is 317 g/mol. The van der Waals surface area contributed by atoms with Crippen molar-refractivity contribution in [1.82, 2.24) is 5.43 Å². The highest BCUT2D eigenvalue weighted by atomic mass is 16.6. The van der Waals surface area contributed by atoms with E-state index in [4.69, 9.17) is 9.15 Å². The number of amides is 1. The highest BCUT2D eigenvalue weighted by Crippen LogP contribution is 2.16. The van der Waals surface area contributed by atoms with Gasteiger partial charge in [0.2, 0.25) is 0 Å². The summed E-state index contributed by atoms with van der Waals surface area (Å²) in [6, 6.07) is 8.10. The summed E-state index contributed by atoms with van der Waals surface area (Å²) in [6.07, 6.45) is 1.17. The Balaban J connectivity index is 1.81. The van der Waals surface area contributed by atoms with Crippen molar-refractivity contribution in [2.45, 2.75) is 13.8 Å². The van der Waals surface area contributed by atoms with Gasteiger partial charge in [-0.05, 0) is 43.2 Å². The Morgan fingerprint density at radius 2 is 2.13 bits per heavy atom. The van der Waals surface area contributed by atoms with Crippen LogP contribution in [0.2, 0.25) is 0 Å². The van der Waals surface area contributed by atoms with E-state index in [-0.39, 0.29) is 12.4 Å². The monoisotopic (exact) mass is 317 g/mol. The third kappa shape index (κ3) is 4.67. The van der Waals surface area contributed by atoms with Crippen molar-refractivity contribution in [2.75, 3.05) is 6.61 Å². The maximum atomic E-state index is 11.6. The minimum atomic E-state index is -0.659. The molecule has 0 saturated heterocycles. The molecule has 2 rings (SSSR count). The predicted octanol–water partition coefficient (Wildman–Crippen LogP) is 2.33. The fourth-order valence-electron chi connectivity index (χ4n) is 1.66. The number of nitrogens with zero attached hydrogens (tertiary/aromatic N) is 2. The zero-order valence-corrected chi connectivity index (χ0v) is 12.6. The Labute approximate surface area is 131 Å². The number of hydrogen-bond acceptors (Lipinski definition) is 6. The van der Waals surface area contributed by atoms with Gasteiger partial charge < -0.3 is 9.15 Å². The number of furan rings is 1. The highest BCUT2D eigenvalue weighted by molar-refractivity contribution is 5.81. The SMILES string of the molecule is Cc1ccc(OCC(=O)N/N=C\c2ccc([N+](=O)[O-])o2)cc1C. The van der Waals surface area contributed by atoms with Gasteiger partial charge in [0.05, 0.1) is 12.3 Å². The summed E-state index contributed by atoms with van der Waals surface area (Å²) in [7, 11) is 0. The second kappa shape index (κ2) is 7.21. The normalized spacial score (nSPS) is 10.7. The molecule has 0 aliphatic carbocycles. The number of carbonyl (C=O) groups excluding carboxylic acids is 1. The van der Waals surface area contributed by atoms with Crippen LogP contribution in [0.4, 0.5) is 5.88 Å². The van der Waals surface area contributed by atoms with Crippen LogP contribution in [0.1, 0.15) is 16.9 Å². The smallest absolute Gasteiger partial charge is 0.433 e. The Morgan fingerprint density at radius 1 is 1.35 bits per heavy atom. The fraction of sp³-hybridized carbons (Fsp3) is 0.200. The topological polar surface area (TPSA) is 107 Å². The summed E-state index contributed by atoms with van der Waals surface area (Å²) >= 11 is 0. The molecular weight excluding hydrogens is 302 g/mol. The second-order valence-electron chi connectivity index (χ2n) is 4.76. The number of rotatable bonds is 6. The first-order valence-corrected chi connectivity index (χ1v) is 6.72. The van der Waals surface area contributed by atoms with E-state index in [0.717, 1.165) is 11.1 Å². The van der Waals surface area contributed by atoms with Crippen molar-refractivity contribution in [3.05, 3.63) is 57.3 Å². The van der Waals surface area contributed by atoms with Gasteiger partial charge in [0, 0.05) is 0 Å². The number of hydrogen-bond donors (Lipinski definition) is 1. The van der Waals surface area contributed by atoms with E-state index in [2.05, 4.69) is 10.5 Å². The summed E-state index contributed by atoms with van der Waals surface area (Å²) in [4.78, 5) is 21.4. The van der Waals surface area contributed by atoms with E-state index >= 15 is 0 Å². The van der Waals surface area contributed by atoms with E-state index < -0.39 is 16.7 Å². The van der Waals surface area contributed by atoms with Crippen LogP contribution in [0.15, 0.2) is 39.9 Å². The lowest BCUT2D eigenvalue weighted by atomic mass is 10.1. The number of hydrazone groups is 1. The quantitative estimate of drug-likeness (QED) is 0.500. The molecule has 1 aromatic carbocycles. The average Bonchev–Trinajstić information content (AvgIpc) is 2.97. The van der Waals surface area contributed by atoms with Crippen molar-refractivity contribution in [3.8, 4) is 5.75 Å². The minimum Gasteiger partial charge on any atom is -0.484 e. The first kappa shape index (κ1) is 16.2. The molecule has 1 N–H and O–H groups in total. The second-order valence-corrected chi connectivity index (χ2v) is 4.76. The first-order chi connectivity index (χ1) is 11.0. The van der Waals surface area contributed by atoms with Crippen LogP contribution < -0.4 is 10.2 Å². The number of benzene rings is 1. The molecule has 1 amide bonds. The van der Waals surface area contributed by atoms with Crippen molar-refractivity contribution in [3.63, 3.8) is 0 Å². The molecule has 23 heavy (non-hydrogen) atoms. The molecule has 0 aliphatic heterocycles. The van der Waals surface area contributed by atoms with Gasteiger partial charge in [-0.3, -0.25) is 14.9 Å². The molecule has 0 spiro atoms. The van der Waals surface area contributed by atoms with E-state index in [9.17, 15) is 14.9 Å². The van der Waals surface area contributed by atoms with Crippen LogP contribution >= 0.6 is 0 Å². The number of nitro groups is 1. The molecule has 1 aromatic heterocycles. The summed E-state index contributed by atoms with van der Waals surface area (Å²) in [5.74, 6) is -0.0997. The van der Waals surface area contributed by atoms with Crippen molar-refractivity contribution in [1.29, 1.82) is 0 Å². The lowest BCUT2D eigenvalue weighted by Crippen LogP contribution is -2.24. The Kier molecular flexibility index (Phi) is 5.08. The molecule has 2 aromatic rings. The predicted molar refractivity (Wildman–Crippen MR) is 82.5 cm³/mol. The maximum Gasteiger partial charge on any atom is 0.433 e. The largest absolute Gasteiger partial charge is 0.484 e. The summed E-state index contributed by atoms with van der Waals surface area (Å²) in [5.41, 5.74) is 4.45. The van der Waals surface area contributed by atoms with Gasteiger partial charge in [-0.2, -0.15) is 5.10 Å². The molecule has 0 unspecified atom stereocenters. The standard InChI is InChI=1S/C15H15N3O5/c1-10-3-4-12(7-11(10)2)22-9-14(19)17-16-8-13-5-6-15(23-13)18(20)21/h3-8H,9H2,1-2H3,(H,17,19)/b16-8-. The molecule has 0 atom stereocenters. The molecule has 8 heteroatoms. The Morgan fingerprint density at radius 3 is 2.78 bits per heavy atom.